The molecule has 104 valence electrons. The number of nitrogens with zero attached hydrogens (tertiary/aromatic N) is 1. The van der Waals surface area contributed by atoms with Crippen LogP contribution in [0.5, 0.6) is 0 Å². The van der Waals surface area contributed by atoms with Crippen molar-refractivity contribution < 1.29 is 4.79 Å². The summed E-state index contributed by atoms with van der Waals surface area (Å²) in [5.41, 5.74) is 2.82. The van der Waals surface area contributed by atoms with Gasteiger partial charge in [0.15, 0.2) is 0 Å². The first-order valence-corrected chi connectivity index (χ1v) is 7.51. The van der Waals surface area contributed by atoms with Crippen molar-refractivity contribution in [2.75, 3.05) is 0 Å². The summed E-state index contributed by atoms with van der Waals surface area (Å²) in [5.74, 6) is 6.11. The number of aryl methyl sites for hydroxylation is 1. The Morgan fingerprint density at radius 2 is 1.90 bits per heavy atom. The molecular formula is C18H21NO. The van der Waals surface area contributed by atoms with Crippen LogP contribution in [0.1, 0.15) is 49.7 Å². The number of hydrogen-bond donors (Lipinski definition) is 0. The maximum atomic E-state index is 12.1. The molecule has 0 saturated heterocycles. The number of amides is 1. The highest BCUT2D eigenvalue weighted by Gasteiger charge is 2.43. The molecular weight excluding hydrogens is 246 g/mol. The van der Waals surface area contributed by atoms with Crippen molar-refractivity contribution in [3.05, 3.63) is 35.4 Å². The molecule has 1 aromatic rings. The van der Waals surface area contributed by atoms with Gasteiger partial charge in [-0.05, 0) is 62.5 Å². The maximum Gasteiger partial charge on any atom is 0.298 e. The van der Waals surface area contributed by atoms with E-state index in [4.69, 9.17) is 0 Å². The summed E-state index contributed by atoms with van der Waals surface area (Å²) in [5, 5.41) is 0. The Morgan fingerprint density at radius 1 is 1.20 bits per heavy atom. The zero-order valence-corrected chi connectivity index (χ0v) is 12.2. The Morgan fingerprint density at radius 3 is 2.50 bits per heavy atom. The highest BCUT2D eigenvalue weighted by molar-refractivity contribution is 5.94. The quantitative estimate of drug-likeness (QED) is 0.770. The molecule has 1 aromatic carbocycles. The minimum absolute atomic E-state index is 0.0308. The van der Waals surface area contributed by atoms with Gasteiger partial charge < -0.3 is 4.90 Å². The topological polar surface area (TPSA) is 20.3 Å². The van der Waals surface area contributed by atoms with Gasteiger partial charge in [0.25, 0.3) is 5.91 Å². The van der Waals surface area contributed by atoms with Crippen LogP contribution in [0.4, 0.5) is 0 Å². The fourth-order valence-electron chi connectivity index (χ4n) is 3.27. The van der Waals surface area contributed by atoms with Crippen LogP contribution in [0.3, 0.4) is 0 Å². The van der Waals surface area contributed by atoms with Gasteiger partial charge in [-0.1, -0.05) is 30.2 Å². The van der Waals surface area contributed by atoms with E-state index >= 15 is 0 Å². The molecule has 0 spiro atoms. The normalized spacial score (nSPS) is 24.3. The minimum atomic E-state index is 0.0308. The van der Waals surface area contributed by atoms with E-state index in [1.54, 1.807) is 6.92 Å². The smallest absolute Gasteiger partial charge is 0.298 e. The Bertz CT molecular complexity index is 571. The molecule has 0 unspecified atom stereocenters. The molecule has 0 aromatic heterocycles. The molecule has 0 heterocycles. The van der Waals surface area contributed by atoms with Crippen molar-refractivity contribution in [1.82, 2.24) is 4.90 Å². The Kier molecular flexibility index (Phi) is 3.53. The first-order chi connectivity index (χ1) is 9.70. The molecule has 2 fully saturated rings. The summed E-state index contributed by atoms with van der Waals surface area (Å²) in [7, 11) is 0. The fraction of sp³-hybridized carbons (Fsp3) is 0.500. The Labute approximate surface area is 121 Å². The standard InChI is InChI=1S/C18H21NO/c1-3-6-18(20)19(15-9-10-15)16-11-14(12-16)17-8-5-4-7-13(17)2/h4-5,7-8,14-16H,9-12H2,1-2H3. The fourth-order valence-corrected chi connectivity index (χ4v) is 3.27. The van der Waals surface area contributed by atoms with Crippen molar-refractivity contribution in [3.63, 3.8) is 0 Å². The lowest BCUT2D eigenvalue weighted by Crippen LogP contribution is -2.48. The van der Waals surface area contributed by atoms with Gasteiger partial charge in [0.1, 0.15) is 0 Å². The van der Waals surface area contributed by atoms with E-state index in [2.05, 4.69) is 47.9 Å². The van der Waals surface area contributed by atoms with Gasteiger partial charge in [-0.25, -0.2) is 0 Å². The summed E-state index contributed by atoms with van der Waals surface area (Å²) >= 11 is 0. The predicted molar refractivity (Wildman–Crippen MR) is 80.3 cm³/mol. The summed E-state index contributed by atoms with van der Waals surface area (Å²) in [4.78, 5) is 14.2. The monoisotopic (exact) mass is 267 g/mol. The third-order valence-electron chi connectivity index (χ3n) is 4.54. The zero-order valence-electron chi connectivity index (χ0n) is 12.2. The van der Waals surface area contributed by atoms with Crippen molar-refractivity contribution in [2.24, 2.45) is 0 Å². The SMILES string of the molecule is CC#CC(=O)N(C1CC1)C1CC(c2ccccc2C)C1. The molecule has 0 N–H and O–H groups in total. The van der Waals surface area contributed by atoms with E-state index in [-0.39, 0.29) is 5.91 Å². The number of hydrogen-bond acceptors (Lipinski definition) is 1. The third kappa shape index (κ3) is 2.45. The van der Waals surface area contributed by atoms with Crippen LogP contribution in [-0.2, 0) is 4.79 Å². The second kappa shape index (κ2) is 5.32. The zero-order chi connectivity index (χ0) is 14.1. The predicted octanol–water partition coefficient (Wildman–Crippen LogP) is 3.26. The average molecular weight is 267 g/mol. The molecule has 3 rings (SSSR count). The van der Waals surface area contributed by atoms with Gasteiger partial charge in [-0.15, -0.1) is 0 Å². The summed E-state index contributed by atoms with van der Waals surface area (Å²) < 4.78 is 0. The third-order valence-corrected chi connectivity index (χ3v) is 4.54. The van der Waals surface area contributed by atoms with Crippen LogP contribution in [0.2, 0.25) is 0 Å². The molecule has 0 radical (unpaired) electrons. The van der Waals surface area contributed by atoms with E-state index in [0.29, 0.717) is 18.0 Å². The van der Waals surface area contributed by atoms with Gasteiger partial charge in [0, 0.05) is 12.1 Å². The van der Waals surface area contributed by atoms with Crippen LogP contribution in [-0.4, -0.2) is 22.9 Å². The molecule has 2 heteroatoms. The second-order valence-corrected chi connectivity index (χ2v) is 6.00. The first-order valence-electron chi connectivity index (χ1n) is 7.51. The number of carbonyl (C=O) groups excluding carboxylic acids is 1. The molecule has 2 aliphatic carbocycles. The molecule has 0 atom stereocenters. The average Bonchev–Trinajstić information content (AvgIpc) is 3.19. The van der Waals surface area contributed by atoms with Crippen molar-refractivity contribution in [3.8, 4) is 11.8 Å². The van der Waals surface area contributed by atoms with Crippen molar-refractivity contribution in [1.29, 1.82) is 0 Å². The molecule has 0 bridgehead atoms. The van der Waals surface area contributed by atoms with E-state index in [1.165, 1.54) is 11.1 Å². The summed E-state index contributed by atoms with van der Waals surface area (Å²) in [6, 6.07) is 9.47. The molecule has 2 saturated carbocycles. The molecule has 1 amide bonds. The van der Waals surface area contributed by atoms with Crippen molar-refractivity contribution in [2.45, 2.75) is 57.5 Å². The molecule has 2 nitrogen and oxygen atoms in total. The minimum Gasteiger partial charge on any atom is -0.326 e. The number of benzene rings is 1. The van der Waals surface area contributed by atoms with Gasteiger partial charge in [-0.2, -0.15) is 0 Å². The highest BCUT2D eigenvalue weighted by Crippen LogP contribution is 2.44. The van der Waals surface area contributed by atoms with Crippen molar-refractivity contribution >= 4 is 5.91 Å². The molecule has 20 heavy (non-hydrogen) atoms. The van der Waals surface area contributed by atoms with Crippen LogP contribution in [0.25, 0.3) is 0 Å². The summed E-state index contributed by atoms with van der Waals surface area (Å²) in [6.45, 7) is 3.91. The Balaban J connectivity index is 1.67. The van der Waals surface area contributed by atoms with E-state index < -0.39 is 0 Å². The second-order valence-electron chi connectivity index (χ2n) is 6.00. The van der Waals surface area contributed by atoms with Gasteiger partial charge in [-0.3, -0.25) is 4.79 Å². The van der Waals surface area contributed by atoms with E-state index in [0.717, 1.165) is 25.7 Å². The van der Waals surface area contributed by atoms with Crippen LogP contribution >= 0.6 is 0 Å². The molecule has 0 aliphatic heterocycles. The van der Waals surface area contributed by atoms with Crippen LogP contribution in [0.15, 0.2) is 24.3 Å². The lowest BCUT2D eigenvalue weighted by molar-refractivity contribution is -0.130. The van der Waals surface area contributed by atoms with Gasteiger partial charge >= 0.3 is 0 Å². The van der Waals surface area contributed by atoms with Crippen LogP contribution in [0, 0.1) is 18.8 Å². The summed E-state index contributed by atoms with van der Waals surface area (Å²) in [6.07, 6.45) is 4.50. The van der Waals surface area contributed by atoms with Gasteiger partial charge in [0.2, 0.25) is 0 Å². The highest BCUT2D eigenvalue weighted by atomic mass is 16.2. The Hall–Kier alpha value is -1.75. The number of rotatable bonds is 3. The number of carbonyl (C=O) groups is 1. The van der Waals surface area contributed by atoms with Gasteiger partial charge in [0.05, 0.1) is 0 Å². The van der Waals surface area contributed by atoms with E-state index in [9.17, 15) is 4.79 Å². The molecule has 2 aliphatic rings. The largest absolute Gasteiger partial charge is 0.326 e. The first kappa shape index (κ1) is 13.2. The lowest BCUT2D eigenvalue weighted by atomic mass is 9.73. The maximum absolute atomic E-state index is 12.1. The van der Waals surface area contributed by atoms with E-state index in [1.807, 2.05) is 0 Å². The lowest BCUT2D eigenvalue weighted by Gasteiger charge is -2.43. The van der Waals surface area contributed by atoms with Crippen LogP contribution < -0.4 is 0 Å².